The summed E-state index contributed by atoms with van der Waals surface area (Å²) in [5.41, 5.74) is 4.05. The zero-order valence-corrected chi connectivity index (χ0v) is 15.8. The van der Waals surface area contributed by atoms with Crippen molar-refractivity contribution in [1.82, 2.24) is 0 Å². The van der Waals surface area contributed by atoms with E-state index in [-0.39, 0.29) is 0 Å². The summed E-state index contributed by atoms with van der Waals surface area (Å²) >= 11 is 11.5. The number of ether oxygens (including phenoxy) is 2. The molecule has 2 aromatic rings. The third-order valence-electron chi connectivity index (χ3n) is 3.65. The summed E-state index contributed by atoms with van der Waals surface area (Å²) in [7, 11) is 0. The molecule has 0 atom stereocenters. The molecule has 2 rings (SSSR count). The highest BCUT2D eigenvalue weighted by atomic mass is 35.5. The predicted octanol–water partition coefficient (Wildman–Crippen LogP) is 5.52. The highest BCUT2D eigenvalue weighted by Gasteiger charge is 2.11. The molecule has 2 aromatic carbocycles. The molecule has 0 fully saturated rings. The summed E-state index contributed by atoms with van der Waals surface area (Å²) in [6.07, 6.45) is 1.01. The lowest BCUT2D eigenvalue weighted by atomic mass is 10.1. The first-order valence-corrected chi connectivity index (χ1v) is 8.77. The van der Waals surface area contributed by atoms with E-state index < -0.39 is 0 Å². The van der Waals surface area contributed by atoms with Gasteiger partial charge in [-0.3, -0.25) is 0 Å². The Kier molecular flexibility index (Phi) is 6.88. The third kappa shape index (κ3) is 4.86. The number of nitrogens with one attached hydrogen (secondary N) is 1. The molecular formula is C19H22ClNO2S. The molecule has 0 amide bonds. The van der Waals surface area contributed by atoms with E-state index in [0.29, 0.717) is 23.4 Å². The number of benzene rings is 2. The summed E-state index contributed by atoms with van der Waals surface area (Å²) in [5.74, 6) is 0.852. The van der Waals surface area contributed by atoms with Gasteiger partial charge in [0.15, 0.2) is 0 Å². The minimum Gasteiger partial charge on any atom is -0.488 e. The monoisotopic (exact) mass is 363 g/mol. The summed E-state index contributed by atoms with van der Waals surface area (Å²) in [4.78, 5) is 0. The van der Waals surface area contributed by atoms with E-state index >= 15 is 0 Å². The van der Waals surface area contributed by atoms with Crippen molar-refractivity contribution in [1.29, 1.82) is 0 Å². The smallest absolute Gasteiger partial charge is 0.261 e. The Morgan fingerprint density at radius 3 is 2.67 bits per heavy atom. The van der Waals surface area contributed by atoms with Crippen LogP contribution >= 0.6 is 23.8 Å². The first kappa shape index (κ1) is 18.6. The van der Waals surface area contributed by atoms with Crippen LogP contribution in [0.3, 0.4) is 0 Å². The quantitative estimate of drug-likeness (QED) is 0.684. The molecule has 128 valence electrons. The topological polar surface area (TPSA) is 30.5 Å². The van der Waals surface area contributed by atoms with E-state index in [4.69, 9.17) is 33.3 Å². The van der Waals surface area contributed by atoms with E-state index in [9.17, 15) is 0 Å². The van der Waals surface area contributed by atoms with Gasteiger partial charge >= 0.3 is 0 Å². The van der Waals surface area contributed by atoms with E-state index in [1.807, 2.05) is 38.1 Å². The number of halogens is 1. The lowest BCUT2D eigenvalue weighted by Crippen LogP contribution is -2.15. The third-order valence-corrected chi connectivity index (χ3v) is 4.22. The van der Waals surface area contributed by atoms with Gasteiger partial charge in [0.2, 0.25) is 0 Å². The van der Waals surface area contributed by atoms with Crippen molar-refractivity contribution >= 4 is 34.7 Å². The van der Waals surface area contributed by atoms with Crippen LogP contribution in [-0.4, -0.2) is 11.8 Å². The highest BCUT2D eigenvalue weighted by molar-refractivity contribution is 7.80. The van der Waals surface area contributed by atoms with Gasteiger partial charge < -0.3 is 14.8 Å². The SMILES string of the molecule is CCOC(=S)Nc1cccc(Cl)c1COc1ccc(CC)cc1C. The number of rotatable bonds is 6. The second-order valence-corrected chi connectivity index (χ2v) is 6.13. The van der Waals surface area contributed by atoms with Crippen molar-refractivity contribution in [3.05, 3.63) is 58.1 Å². The van der Waals surface area contributed by atoms with Gasteiger partial charge in [0.05, 0.1) is 6.61 Å². The molecule has 0 aliphatic carbocycles. The van der Waals surface area contributed by atoms with Crippen molar-refractivity contribution in [3.63, 3.8) is 0 Å². The van der Waals surface area contributed by atoms with Crippen molar-refractivity contribution in [2.24, 2.45) is 0 Å². The van der Waals surface area contributed by atoms with Gasteiger partial charge in [0, 0.05) is 16.3 Å². The van der Waals surface area contributed by atoms with Crippen molar-refractivity contribution < 1.29 is 9.47 Å². The Labute approximate surface area is 153 Å². The Balaban J connectivity index is 2.16. The molecule has 3 nitrogen and oxygen atoms in total. The molecule has 1 N–H and O–H groups in total. The first-order chi connectivity index (χ1) is 11.5. The average molecular weight is 364 g/mol. The van der Waals surface area contributed by atoms with Gasteiger partial charge in [0.1, 0.15) is 12.4 Å². The fourth-order valence-electron chi connectivity index (χ4n) is 2.34. The predicted molar refractivity (Wildman–Crippen MR) is 104 cm³/mol. The van der Waals surface area contributed by atoms with Crippen LogP contribution in [0.4, 0.5) is 5.69 Å². The molecule has 0 heterocycles. The fourth-order valence-corrected chi connectivity index (χ4v) is 2.80. The highest BCUT2D eigenvalue weighted by Crippen LogP contribution is 2.27. The van der Waals surface area contributed by atoms with Gasteiger partial charge in [-0.15, -0.1) is 0 Å². The molecular weight excluding hydrogens is 342 g/mol. The van der Waals surface area contributed by atoms with Crippen LogP contribution in [0.5, 0.6) is 5.75 Å². The zero-order chi connectivity index (χ0) is 17.5. The van der Waals surface area contributed by atoms with Gasteiger partial charge in [-0.05, 0) is 61.8 Å². The van der Waals surface area contributed by atoms with Crippen LogP contribution in [0, 0.1) is 6.92 Å². The molecule has 0 radical (unpaired) electrons. The molecule has 5 heteroatoms. The number of anilines is 1. The molecule has 0 saturated heterocycles. The average Bonchev–Trinajstić information content (AvgIpc) is 2.55. The number of hydrogen-bond acceptors (Lipinski definition) is 3. The van der Waals surface area contributed by atoms with Gasteiger partial charge in [-0.2, -0.15) is 0 Å². The zero-order valence-electron chi connectivity index (χ0n) is 14.2. The Morgan fingerprint density at radius 1 is 1.21 bits per heavy atom. The lowest BCUT2D eigenvalue weighted by Gasteiger charge is -2.16. The fraction of sp³-hybridized carbons (Fsp3) is 0.316. The minimum absolute atomic E-state index is 0.324. The van der Waals surface area contributed by atoms with Crippen molar-refractivity contribution in [3.8, 4) is 5.75 Å². The number of thiocarbonyl (C=S) groups is 1. The van der Waals surface area contributed by atoms with Crippen LogP contribution in [0.25, 0.3) is 0 Å². The normalized spacial score (nSPS) is 10.3. The maximum Gasteiger partial charge on any atom is 0.261 e. The summed E-state index contributed by atoms with van der Waals surface area (Å²) < 4.78 is 11.3. The van der Waals surface area contributed by atoms with Crippen LogP contribution < -0.4 is 10.1 Å². The van der Waals surface area contributed by atoms with Gasteiger partial charge in [0.25, 0.3) is 5.17 Å². The van der Waals surface area contributed by atoms with Crippen LogP contribution in [0.2, 0.25) is 5.02 Å². The molecule has 0 unspecified atom stereocenters. The summed E-state index contributed by atoms with van der Waals surface area (Å²) in [5, 5.41) is 4.02. The number of aryl methyl sites for hydroxylation is 2. The van der Waals surface area contributed by atoms with E-state index in [1.54, 1.807) is 0 Å². The Morgan fingerprint density at radius 2 is 2.00 bits per heavy atom. The van der Waals surface area contributed by atoms with E-state index in [2.05, 4.69) is 24.4 Å². The van der Waals surface area contributed by atoms with Gasteiger partial charge in [-0.25, -0.2) is 0 Å². The standard InChI is InChI=1S/C19H22ClNO2S/c1-4-14-9-10-18(13(3)11-14)23-12-15-16(20)7-6-8-17(15)21-19(24)22-5-2/h6-11H,4-5,12H2,1-3H3,(H,21,24). The molecule has 0 aromatic heterocycles. The van der Waals surface area contributed by atoms with E-state index in [0.717, 1.165) is 29.0 Å². The summed E-state index contributed by atoms with van der Waals surface area (Å²) in [6, 6.07) is 11.8. The molecule has 0 aliphatic rings. The van der Waals surface area contributed by atoms with Crippen molar-refractivity contribution in [2.75, 3.05) is 11.9 Å². The van der Waals surface area contributed by atoms with Gasteiger partial charge in [-0.1, -0.05) is 36.7 Å². The molecule has 0 aliphatic heterocycles. The van der Waals surface area contributed by atoms with E-state index in [1.165, 1.54) is 5.56 Å². The molecule has 24 heavy (non-hydrogen) atoms. The first-order valence-electron chi connectivity index (χ1n) is 7.98. The van der Waals surface area contributed by atoms with Crippen LogP contribution in [0.15, 0.2) is 36.4 Å². The lowest BCUT2D eigenvalue weighted by molar-refractivity contribution is 0.304. The minimum atomic E-state index is 0.324. The van der Waals surface area contributed by atoms with Crippen LogP contribution in [-0.2, 0) is 17.8 Å². The Hall–Kier alpha value is -1.78. The second-order valence-electron chi connectivity index (χ2n) is 5.35. The largest absolute Gasteiger partial charge is 0.488 e. The maximum atomic E-state index is 6.34. The van der Waals surface area contributed by atoms with Crippen LogP contribution in [0.1, 0.15) is 30.5 Å². The molecule has 0 bridgehead atoms. The van der Waals surface area contributed by atoms with Crippen molar-refractivity contribution in [2.45, 2.75) is 33.8 Å². The second kappa shape index (κ2) is 8.90. The Bertz CT molecular complexity index is 719. The maximum absolute atomic E-state index is 6.34. The number of hydrogen-bond donors (Lipinski definition) is 1. The molecule has 0 spiro atoms. The summed E-state index contributed by atoms with van der Waals surface area (Å²) in [6.45, 7) is 6.94. The molecule has 0 saturated carbocycles.